The molecule has 0 fully saturated rings. The molecule has 1 atom stereocenters. The van der Waals surface area contributed by atoms with Gasteiger partial charge in [0.25, 0.3) is 5.91 Å². The molecule has 0 spiro atoms. The number of nitrogens with zero attached hydrogens (tertiary/aromatic N) is 1. The van der Waals surface area contributed by atoms with E-state index in [1.165, 1.54) is 0 Å². The first-order valence-electron chi connectivity index (χ1n) is 5.91. The Morgan fingerprint density at radius 1 is 1.33 bits per heavy atom. The molecule has 1 aliphatic heterocycles. The molecule has 18 heavy (non-hydrogen) atoms. The van der Waals surface area contributed by atoms with Crippen LogP contribution in [0.25, 0.3) is 0 Å². The maximum atomic E-state index is 12.5. The Morgan fingerprint density at radius 3 is 2.72 bits per heavy atom. The molecule has 0 saturated carbocycles. The predicted octanol–water partition coefficient (Wildman–Crippen LogP) is 2.64. The van der Waals surface area contributed by atoms with Crippen molar-refractivity contribution in [2.24, 2.45) is 0 Å². The summed E-state index contributed by atoms with van der Waals surface area (Å²) >= 11 is 0. The van der Waals surface area contributed by atoms with E-state index in [9.17, 15) is 4.79 Å². The molecule has 3 nitrogen and oxygen atoms in total. The smallest absolute Gasteiger partial charge is 0.264 e. The van der Waals surface area contributed by atoms with Crippen LogP contribution in [0.2, 0.25) is 0 Å². The molecule has 0 bridgehead atoms. The average molecular weight is 243 g/mol. The molecule has 0 saturated heterocycles. The highest BCUT2D eigenvalue weighted by Crippen LogP contribution is 2.44. The Morgan fingerprint density at radius 2 is 2.06 bits per heavy atom. The van der Waals surface area contributed by atoms with Crippen molar-refractivity contribution >= 4 is 11.6 Å². The number of anilines is 1. The summed E-state index contributed by atoms with van der Waals surface area (Å²) in [7, 11) is 1.77. The van der Waals surface area contributed by atoms with Gasteiger partial charge in [0, 0.05) is 19.0 Å². The second-order valence-corrected chi connectivity index (χ2v) is 4.30. The van der Waals surface area contributed by atoms with Crippen molar-refractivity contribution in [3.05, 3.63) is 55.1 Å². The molecule has 1 unspecified atom stereocenters. The fraction of sp³-hybridized carbons (Fsp3) is 0.267. The van der Waals surface area contributed by atoms with Crippen LogP contribution < -0.4 is 4.90 Å². The van der Waals surface area contributed by atoms with E-state index in [4.69, 9.17) is 4.74 Å². The summed E-state index contributed by atoms with van der Waals surface area (Å²) in [5.74, 6) is -0.0505. The van der Waals surface area contributed by atoms with Gasteiger partial charge in [-0.1, -0.05) is 30.4 Å². The third-order valence-corrected chi connectivity index (χ3v) is 3.23. The monoisotopic (exact) mass is 243 g/mol. The number of benzene rings is 1. The summed E-state index contributed by atoms with van der Waals surface area (Å²) in [6.07, 6.45) is 3.83. The maximum Gasteiger partial charge on any atom is 0.264 e. The Labute approximate surface area is 107 Å². The normalized spacial score (nSPS) is 21.8. The van der Waals surface area contributed by atoms with Gasteiger partial charge in [0.15, 0.2) is 5.60 Å². The summed E-state index contributed by atoms with van der Waals surface area (Å²) in [6.45, 7) is 7.71. The van der Waals surface area contributed by atoms with Crippen LogP contribution in [0.5, 0.6) is 0 Å². The minimum atomic E-state index is -0.943. The van der Waals surface area contributed by atoms with Gasteiger partial charge in [-0.05, 0) is 6.07 Å². The molecule has 0 radical (unpaired) electrons. The summed E-state index contributed by atoms with van der Waals surface area (Å²) < 4.78 is 5.81. The van der Waals surface area contributed by atoms with Crippen LogP contribution in [0.4, 0.5) is 5.69 Å². The van der Waals surface area contributed by atoms with Gasteiger partial charge in [-0.2, -0.15) is 0 Å². The lowest BCUT2D eigenvalue weighted by molar-refractivity contribution is -0.141. The first-order chi connectivity index (χ1) is 8.67. The Balaban J connectivity index is 2.54. The van der Waals surface area contributed by atoms with Crippen LogP contribution in [0.1, 0.15) is 12.0 Å². The molecule has 2 rings (SSSR count). The number of para-hydroxylation sites is 1. The van der Waals surface area contributed by atoms with Gasteiger partial charge in [-0.15, -0.1) is 13.2 Å². The zero-order valence-electron chi connectivity index (χ0n) is 10.6. The molecule has 94 valence electrons. The number of hydrogen-bond donors (Lipinski definition) is 0. The standard InChI is InChI=1S/C15H17NO2/c1-4-10-15(18-11-5-2)12-8-6-7-9-13(12)16(3)14(15)17/h4-9H,1-2,10-11H2,3H3. The molecule has 1 aromatic rings. The van der Waals surface area contributed by atoms with Crippen LogP contribution in [-0.4, -0.2) is 19.6 Å². The SMILES string of the molecule is C=CCOC1(CC=C)C(=O)N(C)c2ccccc21. The molecule has 0 aliphatic carbocycles. The van der Waals surface area contributed by atoms with E-state index >= 15 is 0 Å². The van der Waals surface area contributed by atoms with Crippen LogP contribution in [-0.2, 0) is 15.1 Å². The number of fused-ring (bicyclic) bond motifs is 1. The Bertz CT molecular complexity index is 495. The van der Waals surface area contributed by atoms with Crippen molar-refractivity contribution in [3.63, 3.8) is 0 Å². The maximum absolute atomic E-state index is 12.5. The molecular formula is C15H17NO2. The lowest BCUT2D eigenvalue weighted by atomic mass is 9.91. The van der Waals surface area contributed by atoms with Crippen molar-refractivity contribution in [3.8, 4) is 0 Å². The minimum Gasteiger partial charge on any atom is -0.356 e. The fourth-order valence-electron chi connectivity index (χ4n) is 2.40. The number of ether oxygens (including phenoxy) is 1. The van der Waals surface area contributed by atoms with Crippen molar-refractivity contribution in [1.29, 1.82) is 0 Å². The third-order valence-electron chi connectivity index (χ3n) is 3.23. The van der Waals surface area contributed by atoms with Crippen LogP contribution in [0.3, 0.4) is 0 Å². The highest BCUT2D eigenvalue weighted by molar-refractivity contribution is 6.06. The van der Waals surface area contributed by atoms with Crippen molar-refractivity contribution in [2.75, 3.05) is 18.6 Å². The average Bonchev–Trinajstić information content (AvgIpc) is 2.61. The van der Waals surface area contributed by atoms with Gasteiger partial charge in [0.2, 0.25) is 0 Å². The minimum absolute atomic E-state index is 0.0505. The largest absolute Gasteiger partial charge is 0.356 e. The number of hydrogen-bond acceptors (Lipinski definition) is 2. The van der Waals surface area contributed by atoms with E-state index in [2.05, 4.69) is 13.2 Å². The summed E-state index contributed by atoms with van der Waals surface area (Å²) in [5, 5.41) is 0. The number of rotatable bonds is 5. The van der Waals surface area contributed by atoms with Gasteiger partial charge in [0.05, 0.1) is 12.3 Å². The number of amides is 1. The van der Waals surface area contributed by atoms with E-state index in [0.29, 0.717) is 13.0 Å². The van der Waals surface area contributed by atoms with E-state index < -0.39 is 5.60 Å². The molecule has 1 heterocycles. The number of carbonyl (C=O) groups excluding carboxylic acids is 1. The highest BCUT2D eigenvalue weighted by atomic mass is 16.5. The van der Waals surface area contributed by atoms with Crippen molar-refractivity contribution < 1.29 is 9.53 Å². The molecule has 1 aliphatic rings. The van der Waals surface area contributed by atoms with Gasteiger partial charge in [-0.3, -0.25) is 4.79 Å². The summed E-state index contributed by atoms with van der Waals surface area (Å²) in [5.41, 5.74) is 0.856. The van der Waals surface area contributed by atoms with E-state index in [0.717, 1.165) is 11.3 Å². The lowest BCUT2D eigenvalue weighted by Crippen LogP contribution is -2.40. The second-order valence-electron chi connectivity index (χ2n) is 4.30. The third kappa shape index (κ3) is 1.68. The first-order valence-corrected chi connectivity index (χ1v) is 5.91. The quantitative estimate of drug-likeness (QED) is 0.744. The molecule has 0 aromatic heterocycles. The molecule has 3 heteroatoms. The van der Waals surface area contributed by atoms with Crippen LogP contribution in [0, 0.1) is 0 Å². The zero-order valence-corrected chi connectivity index (χ0v) is 10.6. The summed E-state index contributed by atoms with van der Waals surface area (Å²) in [6, 6.07) is 7.69. The number of likely N-dealkylation sites (N-methyl/N-ethyl adjacent to an activating group) is 1. The molecule has 1 amide bonds. The van der Waals surface area contributed by atoms with Crippen LogP contribution in [0.15, 0.2) is 49.6 Å². The van der Waals surface area contributed by atoms with Gasteiger partial charge in [0.1, 0.15) is 0 Å². The second kappa shape index (κ2) is 4.78. The van der Waals surface area contributed by atoms with Crippen LogP contribution >= 0.6 is 0 Å². The van der Waals surface area contributed by atoms with Gasteiger partial charge >= 0.3 is 0 Å². The molecule has 0 N–H and O–H groups in total. The van der Waals surface area contributed by atoms with Gasteiger partial charge in [-0.25, -0.2) is 0 Å². The number of carbonyl (C=O) groups is 1. The first kappa shape index (κ1) is 12.6. The van der Waals surface area contributed by atoms with E-state index in [-0.39, 0.29) is 5.91 Å². The van der Waals surface area contributed by atoms with E-state index in [1.807, 2.05) is 24.3 Å². The highest BCUT2D eigenvalue weighted by Gasteiger charge is 2.49. The van der Waals surface area contributed by atoms with Crippen molar-refractivity contribution in [2.45, 2.75) is 12.0 Å². The van der Waals surface area contributed by atoms with Gasteiger partial charge < -0.3 is 9.64 Å². The van der Waals surface area contributed by atoms with E-state index in [1.54, 1.807) is 24.1 Å². The zero-order chi connectivity index (χ0) is 13.2. The lowest BCUT2D eigenvalue weighted by Gasteiger charge is -2.26. The fourth-order valence-corrected chi connectivity index (χ4v) is 2.40. The molecule has 1 aromatic carbocycles. The Kier molecular flexibility index (Phi) is 3.34. The topological polar surface area (TPSA) is 29.5 Å². The summed E-state index contributed by atoms with van der Waals surface area (Å²) in [4.78, 5) is 14.1. The van der Waals surface area contributed by atoms with Crippen molar-refractivity contribution in [1.82, 2.24) is 0 Å². The molecular weight excluding hydrogens is 226 g/mol. The predicted molar refractivity (Wildman–Crippen MR) is 72.5 cm³/mol. The Hall–Kier alpha value is -1.87.